The van der Waals surface area contributed by atoms with E-state index in [1.807, 2.05) is 0 Å². The molecule has 2 heterocycles. The molecule has 0 aliphatic carbocycles. The van der Waals surface area contributed by atoms with Gasteiger partial charge in [0.25, 0.3) is 5.91 Å². The fourth-order valence-electron chi connectivity index (χ4n) is 3.85. The summed E-state index contributed by atoms with van der Waals surface area (Å²) < 4.78 is 4.81. The number of nitrogens with one attached hydrogen (secondary N) is 1. The van der Waals surface area contributed by atoms with Crippen molar-refractivity contribution < 1.29 is 19.1 Å². The largest absolute Gasteiger partial charge is 0.465 e. The molecule has 1 aromatic carbocycles. The molecule has 0 spiro atoms. The maximum atomic E-state index is 12.7. The van der Waals surface area contributed by atoms with Crippen LogP contribution in [-0.2, 0) is 9.53 Å². The van der Waals surface area contributed by atoms with Gasteiger partial charge in [0.1, 0.15) is 5.00 Å². The number of amides is 2. The van der Waals surface area contributed by atoms with E-state index >= 15 is 0 Å². The number of hydrogen-bond donors (Lipinski definition) is 2. The van der Waals surface area contributed by atoms with Crippen LogP contribution in [0.3, 0.4) is 0 Å². The summed E-state index contributed by atoms with van der Waals surface area (Å²) in [7, 11) is 1.25. The average Bonchev–Trinajstić information content (AvgIpc) is 3.04. The number of nitrogens with two attached hydrogens (primary N) is 1. The van der Waals surface area contributed by atoms with Crippen molar-refractivity contribution in [2.24, 2.45) is 5.73 Å². The topological polar surface area (TPSA) is 105 Å². The highest BCUT2D eigenvalue weighted by atomic mass is 32.1. The van der Waals surface area contributed by atoms with Gasteiger partial charge in [-0.15, -0.1) is 11.3 Å². The minimum Gasteiger partial charge on any atom is -0.465 e. The predicted molar refractivity (Wildman–Crippen MR) is 122 cm³/mol. The molecule has 3 rings (SSSR count). The number of ether oxygens (including phenoxy) is 1. The van der Waals surface area contributed by atoms with E-state index in [-0.39, 0.29) is 33.9 Å². The molecule has 1 fully saturated rings. The van der Waals surface area contributed by atoms with Crippen LogP contribution in [0, 0.1) is 13.8 Å². The van der Waals surface area contributed by atoms with Gasteiger partial charge in [0, 0.05) is 31.4 Å². The van der Waals surface area contributed by atoms with E-state index < -0.39 is 11.9 Å². The molecule has 0 saturated carbocycles. The number of primary amides is 1. The van der Waals surface area contributed by atoms with Gasteiger partial charge in [0.15, 0.2) is 0 Å². The number of hydrogen-bond acceptors (Lipinski definition) is 7. The molecule has 0 bridgehead atoms. The number of nitrogens with zero attached hydrogens (tertiary/aromatic N) is 2. The SMILES string of the molecule is COC(=O)c1c(NC(=O)CN2CCN(c3ccc(C)cc3)[C@@H](C)C2)sc(C(N)=O)c1C. The standard InChI is InChI=1S/C22H28N4O4S/c1-13-5-7-16(8-6-13)26-10-9-25(11-14(26)2)12-17(27)24-21-18(22(29)30-4)15(3)19(31-21)20(23)28/h5-8,14H,9-12H2,1-4H3,(H2,23,28)(H,24,27)/t14-/m0/s1. The van der Waals surface area contributed by atoms with Crippen LogP contribution in [0.5, 0.6) is 0 Å². The highest BCUT2D eigenvalue weighted by Gasteiger charge is 2.28. The van der Waals surface area contributed by atoms with Crippen molar-refractivity contribution in [2.45, 2.75) is 26.8 Å². The Morgan fingerprint density at radius 3 is 2.45 bits per heavy atom. The fourth-order valence-corrected chi connectivity index (χ4v) is 4.91. The van der Waals surface area contributed by atoms with Crippen molar-refractivity contribution in [2.75, 3.05) is 43.5 Å². The molecule has 1 aliphatic heterocycles. The van der Waals surface area contributed by atoms with Gasteiger partial charge in [-0.3, -0.25) is 14.5 Å². The van der Waals surface area contributed by atoms with Gasteiger partial charge in [0.05, 0.1) is 24.1 Å². The molecule has 0 unspecified atom stereocenters. The molecule has 2 aromatic rings. The van der Waals surface area contributed by atoms with Crippen molar-refractivity contribution in [1.82, 2.24) is 4.90 Å². The molecule has 31 heavy (non-hydrogen) atoms. The number of methoxy groups -OCH3 is 1. The van der Waals surface area contributed by atoms with E-state index in [0.717, 1.165) is 31.0 Å². The predicted octanol–water partition coefficient (Wildman–Crippen LogP) is 2.40. The van der Waals surface area contributed by atoms with Crippen LogP contribution in [-0.4, -0.2) is 62.0 Å². The van der Waals surface area contributed by atoms with Gasteiger partial charge < -0.3 is 20.7 Å². The van der Waals surface area contributed by atoms with Gasteiger partial charge in [-0.1, -0.05) is 17.7 Å². The average molecular weight is 445 g/mol. The van der Waals surface area contributed by atoms with E-state index in [1.165, 1.54) is 18.4 Å². The molecular weight excluding hydrogens is 416 g/mol. The molecule has 1 aliphatic rings. The molecule has 2 amide bonds. The third-order valence-corrected chi connectivity index (χ3v) is 6.68. The first kappa shape index (κ1) is 22.8. The Morgan fingerprint density at radius 2 is 1.87 bits per heavy atom. The van der Waals surface area contributed by atoms with Crippen molar-refractivity contribution in [3.63, 3.8) is 0 Å². The lowest BCUT2D eigenvalue weighted by molar-refractivity contribution is -0.117. The second kappa shape index (κ2) is 9.49. The Hall–Kier alpha value is -2.91. The number of piperazine rings is 1. The number of carbonyl (C=O) groups is 3. The normalized spacial score (nSPS) is 16.8. The van der Waals surface area contributed by atoms with Crippen LogP contribution in [0.2, 0.25) is 0 Å². The monoisotopic (exact) mass is 444 g/mol. The van der Waals surface area contributed by atoms with Gasteiger partial charge >= 0.3 is 5.97 Å². The summed E-state index contributed by atoms with van der Waals surface area (Å²) in [6, 6.07) is 8.70. The smallest absolute Gasteiger partial charge is 0.341 e. The molecule has 1 aromatic heterocycles. The second-order valence-electron chi connectivity index (χ2n) is 7.78. The van der Waals surface area contributed by atoms with Gasteiger partial charge in [-0.05, 0) is 38.5 Å². The van der Waals surface area contributed by atoms with E-state index in [0.29, 0.717) is 5.56 Å². The maximum absolute atomic E-state index is 12.7. The molecule has 3 N–H and O–H groups in total. The summed E-state index contributed by atoms with van der Waals surface area (Å²) in [4.78, 5) is 41.2. The van der Waals surface area contributed by atoms with Crippen LogP contribution in [0.4, 0.5) is 10.7 Å². The van der Waals surface area contributed by atoms with Crippen LogP contribution >= 0.6 is 11.3 Å². The first-order valence-corrected chi connectivity index (χ1v) is 10.9. The summed E-state index contributed by atoms with van der Waals surface area (Å²) in [5.41, 5.74) is 8.39. The number of aryl methyl sites for hydroxylation is 1. The lowest BCUT2D eigenvalue weighted by Gasteiger charge is -2.41. The second-order valence-corrected chi connectivity index (χ2v) is 8.80. The lowest BCUT2D eigenvalue weighted by atomic mass is 10.1. The van der Waals surface area contributed by atoms with E-state index in [4.69, 9.17) is 10.5 Å². The van der Waals surface area contributed by atoms with Crippen LogP contribution in [0.15, 0.2) is 24.3 Å². The van der Waals surface area contributed by atoms with Gasteiger partial charge in [-0.2, -0.15) is 0 Å². The van der Waals surface area contributed by atoms with Crippen molar-refractivity contribution in [1.29, 1.82) is 0 Å². The summed E-state index contributed by atoms with van der Waals surface area (Å²) in [6.07, 6.45) is 0. The summed E-state index contributed by atoms with van der Waals surface area (Å²) in [5, 5.41) is 3.06. The fraction of sp³-hybridized carbons (Fsp3) is 0.409. The first-order valence-electron chi connectivity index (χ1n) is 10.1. The molecule has 0 radical (unpaired) electrons. The Balaban J connectivity index is 1.65. The number of anilines is 2. The Kier molecular flexibility index (Phi) is 6.97. The third kappa shape index (κ3) is 5.05. The summed E-state index contributed by atoms with van der Waals surface area (Å²) in [6.45, 7) is 8.30. The molecule has 9 heteroatoms. The maximum Gasteiger partial charge on any atom is 0.341 e. The lowest BCUT2D eigenvalue weighted by Crippen LogP contribution is -2.53. The first-order chi connectivity index (χ1) is 14.7. The minimum absolute atomic E-state index is 0.173. The zero-order chi connectivity index (χ0) is 22.7. The van der Waals surface area contributed by atoms with Gasteiger partial charge in [-0.25, -0.2) is 4.79 Å². The molecule has 8 nitrogen and oxygen atoms in total. The molecule has 1 saturated heterocycles. The highest BCUT2D eigenvalue weighted by Crippen LogP contribution is 2.33. The van der Waals surface area contributed by atoms with Crippen molar-refractivity contribution in [3.8, 4) is 0 Å². The quantitative estimate of drug-likeness (QED) is 0.663. The van der Waals surface area contributed by atoms with Crippen molar-refractivity contribution >= 4 is 39.8 Å². The summed E-state index contributed by atoms with van der Waals surface area (Å²) >= 11 is 0.994. The van der Waals surface area contributed by atoms with E-state index in [1.54, 1.807) is 6.92 Å². The van der Waals surface area contributed by atoms with Crippen LogP contribution < -0.4 is 16.0 Å². The minimum atomic E-state index is -0.644. The van der Waals surface area contributed by atoms with Crippen LogP contribution in [0.1, 0.15) is 38.1 Å². The number of rotatable bonds is 6. The number of benzene rings is 1. The number of carbonyl (C=O) groups excluding carboxylic acids is 3. The van der Waals surface area contributed by atoms with E-state index in [9.17, 15) is 14.4 Å². The Bertz CT molecular complexity index is 986. The van der Waals surface area contributed by atoms with Crippen LogP contribution in [0.25, 0.3) is 0 Å². The Labute approximate surface area is 186 Å². The number of esters is 1. The number of thiophene rings is 1. The Morgan fingerprint density at radius 1 is 1.19 bits per heavy atom. The third-order valence-electron chi connectivity index (χ3n) is 5.46. The zero-order valence-corrected chi connectivity index (χ0v) is 19.0. The van der Waals surface area contributed by atoms with Crippen molar-refractivity contribution in [3.05, 3.63) is 45.8 Å². The van der Waals surface area contributed by atoms with E-state index in [2.05, 4.69) is 53.2 Å². The molecule has 1 atom stereocenters. The zero-order valence-electron chi connectivity index (χ0n) is 18.2. The molecule has 166 valence electrons. The highest BCUT2D eigenvalue weighted by molar-refractivity contribution is 7.18. The van der Waals surface area contributed by atoms with Gasteiger partial charge in [0.2, 0.25) is 5.91 Å². The molecular formula is C22H28N4O4S. The summed E-state index contributed by atoms with van der Waals surface area (Å²) in [5.74, 6) is -1.51.